The van der Waals surface area contributed by atoms with Crippen molar-refractivity contribution in [3.63, 3.8) is 0 Å². The molecular formula is C25H19ClF3N3O2. The van der Waals surface area contributed by atoms with Crippen molar-refractivity contribution < 1.29 is 22.8 Å². The van der Waals surface area contributed by atoms with Gasteiger partial charge in [-0.15, -0.1) is 0 Å². The number of carbonyl (C=O) groups excluding carboxylic acids is 2. The van der Waals surface area contributed by atoms with Gasteiger partial charge >= 0.3 is 6.18 Å². The van der Waals surface area contributed by atoms with Crippen LogP contribution < -0.4 is 10.6 Å². The highest BCUT2D eigenvalue weighted by Crippen LogP contribution is 2.36. The van der Waals surface area contributed by atoms with Gasteiger partial charge in [-0.05, 0) is 47.0 Å². The normalized spacial score (nSPS) is 11.4. The van der Waals surface area contributed by atoms with Crippen LogP contribution in [0.15, 0.2) is 66.7 Å². The number of amides is 2. The van der Waals surface area contributed by atoms with Gasteiger partial charge in [0.25, 0.3) is 11.8 Å². The molecule has 0 atom stereocenters. The van der Waals surface area contributed by atoms with E-state index in [-0.39, 0.29) is 18.1 Å². The van der Waals surface area contributed by atoms with Gasteiger partial charge in [0.15, 0.2) is 0 Å². The molecule has 3 N–H and O–H groups in total. The van der Waals surface area contributed by atoms with Crippen molar-refractivity contribution in [2.24, 2.45) is 0 Å². The van der Waals surface area contributed by atoms with Gasteiger partial charge in [-0.3, -0.25) is 9.59 Å². The molecule has 34 heavy (non-hydrogen) atoms. The Bertz CT molecular complexity index is 1380. The standard InChI is InChI=1S/C25H19ClF3N3O2/c1-30-24(34)22-21(26)20-18(6-3-7-19(20)32-22)15-8-10-16(11-9-15)23(33)31-13-14-4-2-5-17(12-14)25(27,28)29/h2-12,32H,13H2,1H3,(H,30,34)(H,31,33). The predicted octanol–water partition coefficient (Wildman–Crippen LogP) is 5.80. The summed E-state index contributed by atoms with van der Waals surface area (Å²) in [4.78, 5) is 27.6. The van der Waals surface area contributed by atoms with Gasteiger partial charge in [-0.25, -0.2) is 0 Å². The van der Waals surface area contributed by atoms with E-state index in [4.69, 9.17) is 11.6 Å². The third-order valence-electron chi connectivity index (χ3n) is 5.38. The minimum atomic E-state index is -4.44. The second-order valence-corrected chi connectivity index (χ2v) is 7.96. The largest absolute Gasteiger partial charge is 0.416 e. The molecule has 4 aromatic rings. The number of fused-ring (bicyclic) bond motifs is 1. The fraction of sp³-hybridized carbons (Fsp3) is 0.120. The zero-order valence-corrected chi connectivity index (χ0v) is 18.6. The molecule has 0 fully saturated rings. The Balaban J connectivity index is 1.54. The van der Waals surface area contributed by atoms with Crippen LogP contribution >= 0.6 is 11.6 Å². The summed E-state index contributed by atoms with van der Waals surface area (Å²) >= 11 is 6.48. The predicted molar refractivity (Wildman–Crippen MR) is 125 cm³/mol. The van der Waals surface area contributed by atoms with Gasteiger partial charge in [0.05, 0.1) is 10.6 Å². The average Bonchev–Trinajstić information content (AvgIpc) is 3.18. The van der Waals surface area contributed by atoms with E-state index >= 15 is 0 Å². The first kappa shape index (κ1) is 23.4. The van der Waals surface area contributed by atoms with E-state index in [2.05, 4.69) is 15.6 Å². The molecule has 3 aromatic carbocycles. The van der Waals surface area contributed by atoms with Crippen LogP contribution in [-0.4, -0.2) is 23.8 Å². The maximum absolute atomic E-state index is 12.9. The summed E-state index contributed by atoms with van der Waals surface area (Å²) in [6, 6.07) is 17.1. The van der Waals surface area contributed by atoms with E-state index in [0.29, 0.717) is 27.1 Å². The molecule has 9 heteroatoms. The fourth-order valence-corrected chi connectivity index (χ4v) is 4.01. The number of nitrogens with one attached hydrogen (secondary N) is 3. The molecule has 0 aliphatic heterocycles. The molecule has 174 valence electrons. The van der Waals surface area contributed by atoms with E-state index in [1.807, 2.05) is 18.2 Å². The zero-order chi connectivity index (χ0) is 24.5. The quantitative estimate of drug-likeness (QED) is 0.334. The number of H-pyrrole nitrogens is 1. The molecular weight excluding hydrogens is 467 g/mol. The fourth-order valence-electron chi connectivity index (χ4n) is 3.67. The van der Waals surface area contributed by atoms with Crippen molar-refractivity contribution in [1.82, 2.24) is 15.6 Å². The summed E-state index contributed by atoms with van der Waals surface area (Å²) in [5.41, 5.74) is 2.46. The van der Waals surface area contributed by atoms with Crippen molar-refractivity contribution in [2.75, 3.05) is 7.05 Å². The Labute approximate surface area is 197 Å². The van der Waals surface area contributed by atoms with E-state index in [1.165, 1.54) is 19.2 Å². The van der Waals surface area contributed by atoms with Gasteiger partial charge in [0.1, 0.15) is 5.69 Å². The van der Waals surface area contributed by atoms with Crippen LogP contribution in [0, 0.1) is 0 Å². The van der Waals surface area contributed by atoms with Crippen molar-refractivity contribution in [2.45, 2.75) is 12.7 Å². The highest BCUT2D eigenvalue weighted by molar-refractivity contribution is 6.39. The van der Waals surface area contributed by atoms with Gasteiger partial charge < -0.3 is 15.6 Å². The number of halogens is 4. The van der Waals surface area contributed by atoms with Gasteiger partial charge in [0, 0.05) is 30.1 Å². The van der Waals surface area contributed by atoms with Crippen LogP contribution in [0.5, 0.6) is 0 Å². The summed E-state index contributed by atoms with van der Waals surface area (Å²) in [5, 5.41) is 6.16. The highest BCUT2D eigenvalue weighted by atomic mass is 35.5. The van der Waals surface area contributed by atoms with Crippen molar-refractivity contribution in [3.8, 4) is 11.1 Å². The van der Waals surface area contributed by atoms with Crippen LogP contribution in [0.1, 0.15) is 32.0 Å². The second-order valence-electron chi connectivity index (χ2n) is 7.58. The molecule has 0 aliphatic rings. The molecule has 0 unspecified atom stereocenters. The monoisotopic (exact) mass is 485 g/mol. The molecule has 0 saturated carbocycles. The molecule has 0 spiro atoms. The summed E-state index contributed by atoms with van der Waals surface area (Å²) < 4.78 is 38.6. The first-order chi connectivity index (χ1) is 16.2. The SMILES string of the molecule is CNC(=O)c1[nH]c2cccc(-c3ccc(C(=O)NCc4cccc(C(F)(F)F)c4)cc3)c2c1Cl. The molecule has 1 heterocycles. The number of hydrogen-bond donors (Lipinski definition) is 3. The minimum Gasteiger partial charge on any atom is -0.354 e. The molecule has 0 saturated heterocycles. The third kappa shape index (κ3) is 4.63. The first-order valence-electron chi connectivity index (χ1n) is 10.3. The number of carbonyl (C=O) groups is 2. The molecule has 0 radical (unpaired) electrons. The average molecular weight is 486 g/mol. The summed E-state index contributed by atoms with van der Waals surface area (Å²) in [5.74, 6) is -0.747. The molecule has 1 aromatic heterocycles. The highest BCUT2D eigenvalue weighted by Gasteiger charge is 2.30. The lowest BCUT2D eigenvalue weighted by atomic mass is 10.00. The Kier molecular flexibility index (Phi) is 6.34. The summed E-state index contributed by atoms with van der Waals surface area (Å²) in [7, 11) is 1.52. The molecule has 5 nitrogen and oxygen atoms in total. The van der Waals surface area contributed by atoms with Crippen molar-refractivity contribution >= 4 is 34.3 Å². The topological polar surface area (TPSA) is 74.0 Å². The molecule has 4 rings (SSSR count). The second kappa shape index (κ2) is 9.23. The Hall–Kier alpha value is -3.78. The van der Waals surface area contributed by atoms with Crippen LogP contribution in [0.4, 0.5) is 13.2 Å². The Morgan fingerprint density at radius 2 is 1.68 bits per heavy atom. The summed E-state index contributed by atoms with van der Waals surface area (Å²) in [6.45, 7) is -0.0367. The Morgan fingerprint density at radius 1 is 0.971 bits per heavy atom. The number of aromatic nitrogens is 1. The Morgan fingerprint density at radius 3 is 2.35 bits per heavy atom. The zero-order valence-electron chi connectivity index (χ0n) is 17.9. The number of alkyl halides is 3. The number of aromatic amines is 1. The van der Waals surface area contributed by atoms with Crippen molar-refractivity contribution in [3.05, 3.63) is 94.1 Å². The van der Waals surface area contributed by atoms with Crippen LogP contribution in [-0.2, 0) is 12.7 Å². The lowest BCUT2D eigenvalue weighted by Gasteiger charge is -2.10. The van der Waals surface area contributed by atoms with E-state index in [0.717, 1.165) is 23.3 Å². The van der Waals surface area contributed by atoms with E-state index in [9.17, 15) is 22.8 Å². The first-order valence-corrected chi connectivity index (χ1v) is 10.6. The maximum atomic E-state index is 12.9. The van der Waals surface area contributed by atoms with Crippen molar-refractivity contribution in [1.29, 1.82) is 0 Å². The van der Waals surface area contributed by atoms with Gasteiger partial charge in [-0.1, -0.05) is 48.0 Å². The number of rotatable bonds is 5. The smallest absolute Gasteiger partial charge is 0.354 e. The molecule has 2 amide bonds. The van der Waals surface area contributed by atoms with Crippen LogP contribution in [0.3, 0.4) is 0 Å². The molecule has 0 bridgehead atoms. The third-order valence-corrected chi connectivity index (χ3v) is 5.76. The lowest BCUT2D eigenvalue weighted by molar-refractivity contribution is -0.137. The van der Waals surface area contributed by atoms with E-state index in [1.54, 1.807) is 24.3 Å². The van der Waals surface area contributed by atoms with Crippen LogP contribution in [0.25, 0.3) is 22.0 Å². The number of benzene rings is 3. The minimum absolute atomic E-state index is 0.0367. The molecule has 0 aliphatic carbocycles. The van der Waals surface area contributed by atoms with Crippen LogP contribution in [0.2, 0.25) is 5.02 Å². The van der Waals surface area contributed by atoms with Gasteiger partial charge in [0.2, 0.25) is 0 Å². The number of hydrogen-bond acceptors (Lipinski definition) is 2. The van der Waals surface area contributed by atoms with Gasteiger partial charge in [-0.2, -0.15) is 13.2 Å². The summed E-state index contributed by atoms with van der Waals surface area (Å²) in [6.07, 6.45) is -4.44. The lowest BCUT2D eigenvalue weighted by Crippen LogP contribution is -2.23. The maximum Gasteiger partial charge on any atom is 0.416 e. The van der Waals surface area contributed by atoms with E-state index < -0.39 is 17.6 Å².